The maximum atomic E-state index is 13.2. The van der Waals surface area contributed by atoms with Crippen molar-refractivity contribution in [1.29, 1.82) is 0 Å². The van der Waals surface area contributed by atoms with Gasteiger partial charge in [-0.1, -0.05) is 42.5 Å². The Morgan fingerprint density at radius 2 is 1.72 bits per heavy atom. The largest absolute Gasteiger partial charge is 0.478 e. The standard InChI is InChI=1S/C20H15FO4/c21-17-7-3-4-13(10-17)11-18(19(22)23)25-20(24)16-9-8-14-5-1-2-6-15(14)12-16/h1-10,12,18H,11H2,(H,22,23)/t18-/m1/s1. The molecule has 0 aliphatic rings. The molecule has 1 N–H and O–H groups in total. The molecule has 0 spiro atoms. The van der Waals surface area contributed by atoms with Crippen molar-refractivity contribution in [2.45, 2.75) is 12.5 Å². The van der Waals surface area contributed by atoms with Crippen LogP contribution < -0.4 is 0 Å². The first-order chi connectivity index (χ1) is 12.0. The first kappa shape index (κ1) is 16.6. The van der Waals surface area contributed by atoms with E-state index in [1.54, 1.807) is 24.3 Å². The molecule has 0 bridgehead atoms. The second-order valence-corrected chi connectivity index (χ2v) is 5.63. The number of carboxylic acid groups (broad SMARTS) is 1. The maximum absolute atomic E-state index is 13.2. The summed E-state index contributed by atoms with van der Waals surface area (Å²) in [5.41, 5.74) is 0.711. The second-order valence-electron chi connectivity index (χ2n) is 5.63. The molecule has 0 radical (unpaired) electrons. The molecule has 3 rings (SSSR count). The van der Waals surface area contributed by atoms with Gasteiger partial charge < -0.3 is 9.84 Å². The van der Waals surface area contributed by atoms with Crippen LogP contribution in [0.3, 0.4) is 0 Å². The number of carbonyl (C=O) groups excluding carboxylic acids is 1. The molecule has 0 heterocycles. The Labute approximate surface area is 143 Å². The number of hydrogen-bond acceptors (Lipinski definition) is 3. The summed E-state index contributed by atoms with van der Waals surface area (Å²) in [7, 11) is 0. The van der Waals surface area contributed by atoms with Gasteiger partial charge in [0.05, 0.1) is 5.56 Å². The van der Waals surface area contributed by atoms with Gasteiger partial charge in [-0.25, -0.2) is 14.0 Å². The Bertz CT molecular complexity index is 936. The summed E-state index contributed by atoms with van der Waals surface area (Å²) in [4.78, 5) is 23.7. The molecule has 5 heteroatoms. The van der Waals surface area contributed by atoms with Crippen molar-refractivity contribution in [3.63, 3.8) is 0 Å². The smallest absolute Gasteiger partial charge is 0.345 e. The predicted octanol–water partition coefficient (Wildman–Crippen LogP) is 3.83. The van der Waals surface area contributed by atoms with E-state index in [2.05, 4.69) is 0 Å². The molecule has 0 saturated heterocycles. The predicted molar refractivity (Wildman–Crippen MR) is 90.9 cm³/mol. The third-order valence-electron chi connectivity index (χ3n) is 3.82. The second kappa shape index (κ2) is 7.13. The van der Waals surface area contributed by atoms with Crippen LogP contribution in [0.15, 0.2) is 66.7 Å². The molecule has 4 nitrogen and oxygen atoms in total. The highest BCUT2D eigenvalue weighted by Gasteiger charge is 2.23. The van der Waals surface area contributed by atoms with Crippen LogP contribution in [0.2, 0.25) is 0 Å². The number of fused-ring (bicyclic) bond motifs is 1. The zero-order valence-corrected chi connectivity index (χ0v) is 13.2. The first-order valence-electron chi connectivity index (χ1n) is 7.70. The third kappa shape index (κ3) is 4.01. The van der Waals surface area contributed by atoms with Gasteiger partial charge in [0.2, 0.25) is 6.10 Å². The molecule has 0 amide bonds. The van der Waals surface area contributed by atoms with E-state index in [0.29, 0.717) is 5.56 Å². The van der Waals surface area contributed by atoms with Crippen LogP contribution in [-0.4, -0.2) is 23.1 Å². The molecular formula is C20H15FO4. The average molecular weight is 338 g/mol. The Morgan fingerprint density at radius 1 is 0.960 bits per heavy atom. The number of halogens is 1. The zero-order valence-electron chi connectivity index (χ0n) is 13.2. The minimum Gasteiger partial charge on any atom is -0.478 e. The highest BCUT2D eigenvalue weighted by atomic mass is 19.1. The van der Waals surface area contributed by atoms with Gasteiger partial charge in [-0.15, -0.1) is 0 Å². The lowest BCUT2D eigenvalue weighted by Crippen LogP contribution is -2.29. The quantitative estimate of drug-likeness (QED) is 0.718. The molecule has 126 valence electrons. The minimum atomic E-state index is -1.39. The number of carbonyl (C=O) groups is 2. The molecule has 3 aromatic rings. The van der Waals surface area contributed by atoms with Crippen LogP contribution in [0.25, 0.3) is 10.8 Å². The number of benzene rings is 3. The normalized spacial score (nSPS) is 11.9. The fraction of sp³-hybridized carbons (Fsp3) is 0.100. The van der Waals surface area contributed by atoms with Crippen molar-refractivity contribution in [3.05, 3.63) is 83.7 Å². The molecule has 0 saturated carbocycles. The SMILES string of the molecule is O=C(O[C@H](Cc1cccc(F)c1)C(=O)O)c1ccc2ccccc2c1. The Morgan fingerprint density at radius 3 is 2.44 bits per heavy atom. The number of carboxylic acids is 1. The van der Waals surface area contributed by atoms with Crippen LogP contribution in [0.1, 0.15) is 15.9 Å². The lowest BCUT2D eigenvalue weighted by atomic mass is 10.1. The summed E-state index contributed by atoms with van der Waals surface area (Å²) in [6.45, 7) is 0. The topological polar surface area (TPSA) is 63.6 Å². The minimum absolute atomic E-state index is 0.105. The third-order valence-corrected chi connectivity index (χ3v) is 3.82. The van der Waals surface area contributed by atoms with Gasteiger partial charge in [0.1, 0.15) is 5.82 Å². The van der Waals surface area contributed by atoms with Gasteiger partial charge >= 0.3 is 11.9 Å². The van der Waals surface area contributed by atoms with E-state index in [0.717, 1.165) is 10.8 Å². The summed E-state index contributed by atoms with van der Waals surface area (Å²) in [5.74, 6) is -2.48. The van der Waals surface area contributed by atoms with E-state index in [1.807, 2.05) is 24.3 Å². The van der Waals surface area contributed by atoms with Crippen LogP contribution in [0.5, 0.6) is 0 Å². The van der Waals surface area contributed by atoms with Gasteiger partial charge in [0.15, 0.2) is 0 Å². The van der Waals surface area contributed by atoms with Crippen LogP contribution >= 0.6 is 0 Å². The van der Waals surface area contributed by atoms with E-state index >= 15 is 0 Å². The van der Waals surface area contributed by atoms with Crippen LogP contribution in [-0.2, 0) is 16.0 Å². The monoisotopic (exact) mass is 338 g/mol. The molecule has 0 unspecified atom stereocenters. The highest BCUT2D eigenvalue weighted by Crippen LogP contribution is 2.17. The zero-order chi connectivity index (χ0) is 17.8. The van der Waals surface area contributed by atoms with Crippen molar-refractivity contribution in [2.75, 3.05) is 0 Å². The molecule has 1 atom stereocenters. The van der Waals surface area contributed by atoms with E-state index < -0.39 is 23.9 Å². The van der Waals surface area contributed by atoms with Gasteiger partial charge in [-0.2, -0.15) is 0 Å². The van der Waals surface area contributed by atoms with Crippen molar-refractivity contribution in [1.82, 2.24) is 0 Å². The van der Waals surface area contributed by atoms with Gasteiger partial charge in [0, 0.05) is 6.42 Å². The number of esters is 1. The number of rotatable bonds is 5. The Hall–Kier alpha value is -3.21. The van der Waals surface area contributed by atoms with E-state index in [-0.39, 0.29) is 12.0 Å². The Kier molecular flexibility index (Phi) is 4.75. The summed E-state index contributed by atoms with van der Waals surface area (Å²) in [6, 6.07) is 18.1. The Balaban J connectivity index is 1.78. The van der Waals surface area contributed by atoms with Crippen LogP contribution in [0.4, 0.5) is 4.39 Å². The summed E-state index contributed by atoms with van der Waals surface area (Å²) in [5, 5.41) is 11.1. The summed E-state index contributed by atoms with van der Waals surface area (Å²) >= 11 is 0. The number of ether oxygens (including phenoxy) is 1. The van der Waals surface area contributed by atoms with E-state index in [1.165, 1.54) is 18.2 Å². The first-order valence-corrected chi connectivity index (χ1v) is 7.70. The molecule has 0 aliphatic carbocycles. The van der Waals surface area contributed by atoms with Crippen molar-refractivity contribution >= 4 is 22.7 Å². The van der Waals surface area contributed by atoms with Crippen molar-refractivity contribution < 1.29 is 23.8 Å². The average Bonchev–Trinajstić information content (AvgIpc) is 2.60. The van der Waals surface area contributed by atoms with Gasteiger partial charge in [-0.3, -0.25) is 0 Å². The van der Waals surface area contributed by atoms with E-state index in [4.69, 9.17) is 4.74 Å². The highest BCUT2D eigenvalue weighted by molar-refractivity contribution is 5.96. The molecule has 0 fully saturated rings. The molecule has 0 aromatic heterocycles. The van der Waals surface area contributed by atoms with Gasteiger partial charge in [-0.05, 0) is 40.6 Å². The lowest BCUT2D eigenvalue weighted by Gasteiger charge is -2.14. The van der Waals surface area contributed by atoms with E-state index in [9.17, 15) is 19.1 Å². The fourth-order valence-electron chi connectivity index (χ4n) is 2.57. The number of aliphatic carboxylic acids is 1. The number of hydrogen-bond donors (Lipinski definition) is 1. The molecular weight excluding hydrogens is 323 g/mol. The molecule has 25 heavy (non-hydrogen) atoms. The van der Waals surface area contributed by atoms with Crippen molar-refractivity contribution in [3.8, 4) is 0 Å². The maximum Gasteiger partial charge on any atom is 0.345 e. The summed E-state index contributed by atoms with van der Waals surface area (Å²) in [6.07, 6.45) is -1.49. The van der Waals surface area contributed by atoms with Crippen LogP contribution in [0, 0.1) is 5.82 Å². The molecule has 0 aliphatic heterocycles. The summed E-state index contributed by atoms with van der Waals surface area (Å²) < 4.78 is 18.4. The van der Waals surface area contributed by atoms with Gasteiger partial charge in [0.25, 0.3) is 0 Å². The van der Waals surface area contributed by atoms with Crippen molar-refractivity contribution in [2.24, 2.45) is 0 Å². The molecule has 3 aromatic carbocycles. The lowest BCUT2D eigenvalue weighted by molar-refractivity contribution is -0.147. The fourth-order valence-corrected chi connectivity index (χ4v) is 2.57.